The van der Waals surface area contributed by atoms with Gasteiger partial charge in [-0.15, -0.1) is 0 Å². The summed E-state index contributed by atoms with van der Waals surface area (Å²) in [6.45, 7) is 4.25. The molecule has 1 heteroatoms. The molecule has 66 valence electrons. The van der Waals surface area contributed by atoms with E-state index in [1.54, 1.807) is 0 Å². The lowest BCUT2D eigenvalue weighted by Gasteiger charge is -1.86. The summed E-state index contributed by atoms with van der Waals surface area (Å²) in [7, 11) is 0. The minimum absolute atomic E-state index is 1.13. The van der Waals surface area contributed by atoms with Crippen molar-refractivity contribution in [2.75, 3.05) is 0 Å². The van der Waals surface area contributed by atoms with Crippen molar-refractivity contribution in [1.82, 2.24) is 0 Å². The molecule has 0 aliphatic carbocycles. The summed E-state index contributed by atoms with van der Waals surface area (Å²) in [5, 5.41) is 0. The second kappa shape index (κ2) is 8.35. The van der Waals surface area contributed by atoms with E-state index in [0.717, 1.165) is 5.56 Å². The first-order valence-corrected chi connectivity index (χ1v) is 4.60. The molecule has 0 saturated carbocycles. The van der Waals surface area contributed by atoms with Gasteiger partial charge in [0, 0.05) is 5.54 Å². The Balaban J connectivity index is 0.000000354. The molecule has 0 fully saturated rings. The molecule has 0 heterocycles. The fourth-order valence-electron chi connectivity index (χ4n) is 0.637. The molecule has 0 nitrogen and oxygen atoms in total. The zero-order valence-electron chi connectivity index (χ0n) is 7.63. The maximum absolute atomic E-state index is 5.36. The van der Waals surface area contributed by atoms with Gasteiger partial charge in [0.05, 0.1) is 0 Å². The van der Waals surface area contributed by atoms with Gasteiger partial charge < -0.3 is 0 Å². The topological polar surface area (TPSA) is 0 Å². The zero-order valence-corrected chi connectivity index (χ0v) is 8.38. The molecule has 0 N–H and O–H groups in total. The van der Waals surface area contributed by atoms with Crippen molar-refractivity contribution in [2.45, 2.75) is 20.3 Å². The molecule has 12 heavy (non-hydrogen) atoms. The molecular formula is C11H15Cl. The monoisotopic (exact) mass is 182 g/mol. The molecule has 0 aliphatic heterocycles. The third kappa shape index (κ3) is 5.99. The molecular weight excluding hydrogens is 168 g/mol. The fraction of sp³-hybridized carbons (Fsp3) is 0.273. The molecule has 0 spiro atoms. The highest BCUT2D eigenvalue weighted by Crippen LogP contribution is 2.00. The third-order valence-corrected chi connectivity index (χ3v) is 1.18. The molecule has 0 amide bonds. The van der Waals surface area contributed by atoms with E-state index in [0.29, 0.717) is 0 Å². The highest BCUT2D eigenvalue weighted by atomic mass is 35.5. The van der Waals surface area contributed by atoms with Crippen LogP contribution in [0.15, 0.2) is 35.9 Å². The predicted octanol–water partition coefficient (Wildman–Crippen LogP) is 4.31. The van der Waals surface area contributed by atoms with Gasteiger partial charge in [-0.25, -0.2) is 0 Å². The quantitative estimate of drug-likeness (QED) is 0.607. The maximum Gasteiger partial charge on any atom is 0.00484 e. The van der Waals surface area contributed by atoms with E-state index < -0.39 is 0 Å². The van der Waals surface area contributed by atoms with E-state index in [1.807, 2.05) is 36.4 Å². The maximum atomic E-state index is 5.36. The molecule has 1 aromatic rings. The summed E-state index contributed by atoms with van der Waals surface area (Å²) in [5.74, 6) is 0. The molecule has 0 aromatic heterocycles. The van der Waals surface area contributed by atoms with Crippen molar-refractivity contribution < 1.29 is 0 Å². The van der Waals surface area contributed by atoms with E-state index in [9.17, 15) is 0 Å². The fourth-order valence-corrected chi connectivity index (χ4v) is 0.782. The van der Waals surface area contributed by atoms with Crippen molar-refractivity contribution >= 4 is 17.7 Å². The van der Waals surface area contributed by atoms with Crippen LogP contribution < -0.4 is 0 Å². The van der Waals surface area contributed by atoms with Crippen LogP contribution in [0.1, 0.15) is 25.8 Å². The number of rotatable bonds is 1. The molecule has 0 atom stereocenters. The summed E-state index contributed by atoms with van der Waals surface area (Å²) >= 11 is 5.36. The molecule has 0 radical (unpaired) electrons. The summed E-state index contributed by atoms with van der Waals surface area (Å²) in [4.78, 5) is 0. The van der Waals surface area contributed by atoms with Crippen molar-refractivity contribution in [1.29, 1.82) is 0 Å². The van der Waals surface area contributed by atoms with Gasteiger partial charge in [-0.2, -0.15) is 0 Å². The Bertz CT molecular complexity index is 202. The van der Waals surface area contributed by atoms with E-state index in [-0.39, 0.29) is 0 Å². The van der Waals surface area contributed by atoms with E-state index in [2.05, 4.69) is 13.8 Å². The lowest BCUT2D eigenvalue weighted by molar-refractivity contribution is 1.09. The van der Waals surface area contributed by atoms with Crippen LogP contribution in [0.3, 0.4) is 0 Å². The van der Waals surface area contributed by atoms with E-state index in [1.165, 1.54) is 12.0 Å². The van der Waals surface area contributed by atoms with Crippen molar-refractivity contribution in [3.8, 4) is 0 Å². The summed E-state index contributed by atoms with van der Waals surface area (Å²) in [6, 6.07) is 9.93. The molecule has 0 aliphatic rings. The van der Waals surface area contributed by atoms with Crippen molar-refractivity contribution in [3.05, 3.63) is 41.4 Å². The summed E-state index contributed by atoms with van der Waals surface area (Å²) in [6.07, 6.45) is 3.10. The Labute approximate surface area is 79.9 Å². The van der Waals surface area contributed by atoms with Crippen LogP contribution in [0.5, 0.6) is 0 Å². The first kappa shape index (κ1) is 11.2. The van der Waals surface area contributed by atoms with Crippen LogP contribution in [0, 0.1) is 0 Å². The van der Waals surface area contributed by atoms with Crippen LogP contribution >= 0.6 is 11.6 Å². The first-order chi connectivity index (χ1) is 5.85. The van der Waals surface area contributed by atoms with Gasteiger partial charge in [-0.3, -0.25) is 0 Å². The van der Waals surface area contributed by atoms with Gasteiger partial charge in [-0.1, -0.05) is 62.2 Å². The molecule has 0 bridgehead atoms. The predicted molar refractivity (Wildman–Crippen MR) is 57.3 cm³/mol. The van der Waals surface area contributed by atoms with Gasteiger partial charge in [0.1, 0.15) is 0 Å². The van der Waals surface area contributed by atoms with Crippen molar-refractivity contribution in [3.63, 3.8) is 0 Å². The molecule has 1 rings (SSSR count). The van der Waals surface area contributed by atoms with E-state index in [4.69, 9.17) is 11.6 Å². The highest BCUT2D eigenvalue weighted by Gasteiger charge is 1.78. The van der Waals surface area contributed by atoms with Gasteiger partial charge in [-0.05, 0) is 11.6 Å². The largest absolute Gasteiger partial charge is 0.0929 e. The van der Waals surface area contributed by atoms with Crippen molar-refractivity contribution in [2.24, 2.45) is 0 Å². The SMILES string of the molecule is CCC.ClC=Cc1ccccc1. The smallest absolute Gasteiger partial charge is 0.00484 e. The van der Waals surface area contributed by atoms with Crippen LogP contribution in [-0.4, -0.2) is 0 Å². The van der Waals surface area contributed by atoms with Gasteiger partial charge in [0.25, 0.3) is 0 Å². The lowest BCUT2D eigenvalue weighted by atomic mass is 10.2. The summed E-state index contributed by atoms with van der Waals surface area (Å²) in [5.41, 5.74) is 2.64. The number of benzene rings is 1. The minimum atomic E-state index is 1.13. The third-order valence-electron chi connectivity index (χ3n) is 1.06. The van der Waals surface area contributed by atoms with Crippen LogP contribution in [0.2, 0.25) is 0 Å². The first-order valence-electron chi connectivity index (χ1n) is 4.17. The summed E-state index contributed by atoms with van der Waals surface area (Å²) < 4.78 is 0. The Morgan fingerprint density at radius 2 is 1.67 bits per heavy atom. The van der Waals surface area contributed by atoms with Gasteiger partial charge in [0.15, 0.2) is 0 Å². The average Bonchev–Trinajstić information content (AvgIpc) is 2.08. The number of hydrogen-bond acceptors (Lipinski definition) is 0. The average molecular weight is 183 g/mol. The zero-order chi connectivity index (χ0) is 9.23. The normalized spacial score (nSPS) is 9.25. The van der Waals surface area contributed by atoms with Crippen LogP contribution in [0.25, 0.3) is 6.08 Å². The Hall–Kier alpha value is -0.750. The number of hydrogen-bond donors (Lipinski definition) is 0. The molecule has 0 saturated heterocycles. The van der Waals surface area contributed by atoms with Crippen LogP contribution in [0.4, 0.5) is 0 Å². The van der Waals surface area contributed by atoms with E-state index >= 15 is 0 Å². The number of halogens is 1. The lowest BCUT2D eigenvalue weighted by Crippen LogP contribution is -1.64. The Kier molecular flexibility index (Phi) is 7.83. The van der Waals surface area contributed by atoms with Gasteiger partial charge in [0.2, 0.25) is 0 Å². The Morgan fingerprint density at radius 3 is 2.08 bits per heavy atom. The van der Waals surface area contributed by atoms with Crippen LogP contribution in [-0.2, 0) is 0 Å². The second-order valence-corrected chi connectivity index (χ2v) is 2.66. The highest BCUT2D eigenvalue weighted by molar-refractivity contribution is 6.27. The van der Waals surface area contributed by atoms with Gasteiger partial charge >= 0.3 is 0 Å². The molecule has 1 aromatic carbocycles. The standard InChI is InChI=1S/C8H7Cl.C3H8/c9-7-6-8-4-2-1-3-5-8;1-3-2/h1-7H;3H2,1-2H3. The second-order valence-electron chi connectivity index (χ2n) is 2.41. The molecule has 0 unspecified atom stereocenters. The minimum Gasteiger partial charge on any atom is -0.0929 e. The Morgan fingerprint density at radius 1 is 1.17 bits per heavy atom.